The van der Waals surface area contributed by atoms with Crippen LogP contribution in [0, 0.1) is 0 Å². The standard InChI is InChI=1S/C10H21N3OS/c1-10(2,15-3)8-12-9(11)13-4-6-14-7-5-13/h4-8H2,1-3H3,(H2,11,12). The highest BCUT2D eigenvalue weighted by Gasteiger charge is 2.17. The van der Waals surface area contributed by atoms with Gasteiger partial charge in [-0.25, -0.2) is 0 Å². The van der Waals surface area contributed by atoms with Crippen LogP contribution in [-0.4, -0.2) is 54.7 Å². The topological polar surface area (TPSA) is 50.8 Å². The van der Waals surface area contributed by atoms with E-state index >= 15 is 0 Å². The minimum absolute atomic E-state index is 0.164. The largest absolute Gasteiger partial charge is 0.378 e. The van der Waals surface area contributed by atoms with Crippen molar-refractivity contribution in [3.63, 3.8) is 0 Å². The summed E-state index contributed by atoms with van der Waals surface area (Å²) in [4.78, 5) is 6.52. The zero-order valence-corrected chi connectivity index (χ0v) is 10.6. The number of thioether (sulfide) groups is 1. The van der Waals surface area contributed by atoms with E-state index in [1.807, 2.05) is 11.8 Å². The minimum Gasteiger partial charge on any atom is -0.378 e. The first-order valence-electron chi connectivity index (χ1n) is 5.23. The summed E-state index contributed by atoms with van der Waals surface area (Å²) in [5, 5.41) is 0. The molecule has 0 radical (unpaired) electrons. The van der Waals surface area contributed by atoms with Crippen molar-refractivity contribution in [2.45, 2.75) is 18.6 Å². The van der Waals surface area contributed by atoms with Crippen molar-refractivity contribution in [3.8, 4) is 0 Å². The molecule has 2 N–H and O–H groups in total. The normalized spacial score (nSPS) is 19.4. The van der Waals surface area contributed by atoms with Crippen molar-refractivity contribution in [1.29, 1.82) is 0 Å². The molecular formula is C10H21N3OS. The van der Waals surface area contributed by atoms with Gasteiger partial charge in [-0.15, -0.1) is 0 Å². The fraction of sp³-hybridized carbons (Fsp3) is 0.900. The van der Waals surface area contributed by atoms with E-state index in [4.69, 9.17) is 10.5 Å². The number of hydrogen-bond acceptors (Lipinski definition) is 3. The van der Waals surface area contributed by atoms with E-state index in [9.17, 15) is 0 Å². The minimum atomic E-state index is 0.164. The van der Waals surface area contributed by atoms with Gasteiger partial charge in [0.15, 0.2) is 5.96 Å². The van der Waals surface area contributed by atoms with Gasteiger partial charge in [0, 0.05) is 17.8 Å². The molecule has 0 aliphatic carbocycles. The second kappa shape index (κ2) is 5.61. The Labute approximate surface area is 96.2 Å². The molecule has 4 nitrogen and oxygen atoms in total. The third-order valence-corrected chi connectivity index (χ3v) is 3.74. The van der Waals surface area contributed by atoms with Crippen LogP contribution in [0.2, 0.25) is 0 Å². The summed E-state index contributed by atoms with van der Waals surface area (Å²) in [6.07, 6.45) is 2.10. The highest BCUT2D eigenvalue weighted by atomic mass is 32.2. The fourth-order valence-corrected chi connectivity index (χ4v) is 1.42. The Balaban J connectivity index is 2.44. The molecule has 0 aromatic carbocycles. The Kier molecular flexibility index (Phi) is 4.73. The van der Waals surface area contributed by atoms with Gasteiger partial charge in [0.2, 0.25) is 0 Å². The first-order chi connectivity index (χ1) is 7.05. The Morgan fingerprint density at radius 2 is 2.07 bits per heavy atom. The van der Waals surface area contributed by atoms with Gasteiger partial charge in [-0.2, -0.15) is 11.8 Å². The molecule has 0 spiro atoms. The molecule has 1 aliphatic rings. The van der Waals surface area contributed by atoms with Crippen LogP contribution in [0.25, 0.3) is 0 Å². The molecule has 0 aromatic heterocycles. The van der Waals surface area contributed by atoms with Gasteiger partial charge in [0.1, 0.15) is 0 Å². The number of morpholine rings is 1. The molecule has 15 heavy (non-hydrogen) atoms. The van der Waals surface area contributed by atoms with E-state index in [-0.39, 0.29) is 4.75 Å². The van der Waals surface area contributed by atoms with Gasteiger partial charge in [0.25, 0.3) is 0 Å². The van der Waals surface area contributed by atoms with Crippen molar-refractivity contribution in [2.75, 3.05) is 39.1 Å². The van der Waals surface area contributed by atoms with Crippen molar-refractivity contribution < 1.29 is 4.74 Å². The molecule has 1 saturated heterocycles. The second-order valence-electron chi connectivity index (χ2n) is 4.24. The summed E-state index contributed by atoms with van der Waals surface area (Å²) >= 11 is 1.81. The van der Waals surface area contributed by atoms with E-state index < -0.39 is 0 Å². The third kappa shape index (κ3) is 4.30. The lowest BCUT2D eigenvalue weighted by Gasteiger charge is -2.28. The lowest BCUT2D eigenvalue weighted by molar-refractivity contribution is 0.0674. The maximum absolute atomic E-state index is 5.92. The summed E-state index contributed by atoms with van der Waals surface area (Å²) in [6.45, 7) is 8.33. The van der Waals surface area contributed by atoms with E-state index in [1.165, 1.54) is 0 Å². The lowest BCUT2D eigenvalue weighted by Crippen LogP contribution is -2.45. The monoisotopic (exact) mass is 231 g/mol. The Hall–Kier alpha value is -0.420. The fourth-order valence-electron chi connectivity index (χ4n) is 1.23. The average Bonchev–Trinajstić information content (AvgIpc) is 2.27. The summed E-state index contributed by atoms with van der Waals surface area (Å²) in [7, 11) is 0. The quantitative estimate of drug-likeness (QED) is 0.576. The molecule has 0 bridgehead atoms. The summed E-state index contributed by atoms with van der Waals surface area (Å²) in [5.74, 6) is 0.653. The van der Waals surface area contributed by atoms with Gasteiger partial charge < -0.3 is 15.4 Å². The number of rotatable bonds is 3. The van der Waals surface area contributed by atoms with E-state index in [2.05, 4.69) is 30.0 Å². The molecule has 1 aliphatic heterocycles. The van der Waals surface area contributed by atoms with Crippen molar-refractivity contribution in [3.05, 3.63) is 0 Å². The molecule has 1 rings (SSSR count). The smallest absolute Gasteiger partial charge is 0.191 e. The predicted octanol–water partition coefficient (Wildman–Crippen LogP) is 0.775. The number of ether oxygens (including phenoxy) is 1. The van der Waals surface area contributed by atoms with E-state index in [1.54, 1.807) is 0 Å². The second-order valence-corrected chi connectivity index (χ2v) is 5.75. The van der Waals surface area contributed by atoms with Crippen LogP contribution in [0.4, 0.5) is 0 Å². The molecule has 0 aromatic rings. The van der Waals surface area contributed by atoms with Crippen LogP contribution >= 0.6 is 11.8 Å². The first-order valence-corrected chi connectivity index (χ1v) is 6.45. The van der Waals surface area contributed by atoms with Gasteiger partial charge in [-0.05, 0) is 20.1 Å². The number of nitrogens with zero attached hydrogens (tertiary/aromatic N) is 2. The molecule has 1 heterocycles. The van der Waals surface area contributed by atoms with Crippen LogP contribution in [0.3, 0.4) is 0 Å². The molecule has 0 amide bonds. The molecule has 0 atom stereocenters. The molecule has 0 unspecified atom stereocenters. The van der Waals surface area contributed by atoms with Gasteiger partial charge in [-0.3, -0.25) is 4.99 Å². The SMILES string of the molecule is CSC(C)(C)CN=C(N)N1CCOCC1. The number of aliphatic imine (C=N–C) groups is 1. The van der Waals surface area contributed by atoms with Gasteiger partial charge >= 0.3 is 0 Å². The van der Waals surface area contributed by atoms with Crippen LogP contribution in [0.1, 0.15) is 13.8 Å². The van der Waals surface area contributed by atoms with Crippen LogP contribution < -0.4 is 5.73 Å². The Morgan fingerprint density at radius 1 is 1.47 bits per heavy atom. The van der Waals surface area contributed by atoms with Crippen LogP contribution in [-0.2, 0) is 4.74 Å². The van der Waals surface area contributed by atoms with Gasteiger partial charge in [0.05, 0.1) is 19.8 Å². The zero-order valence-electron chi connectivity index (χ0n) is 9.82. The van der Waals surface area contributed by atoms with Gasteiger partial charge in [-0.1, -0.05) is 0 Å². The summed E-state index contributed by atoms with van der Waals surface area (Å²) < 4.78 is 5.42. The Bertz CT molecular complexity index is 225. The first kappa shape index (κ1) is 12.6. The summed E-state index contributed by atoms with van der Waals surface area (Å²) in [6, 6.07) is 0. The predicted molar refractivity (Wildman–Crippen MR) is 66.5 cm³/mol. The molecule has 1 fully saturated rings. The Morgan fingerprint density at radius 3 is 2.60 bits per heavy atom. The molecule has 5 heteroatoms. The number of hydrogen-bond donors (Lipinski definition) is 1. The highest BCUT2D eigenvalue weighted by Crippen LogP contribution is 2.21. The van der Waals surface area contributed by atoms with Crippen molar-refractivity contribution in [2.24, 2.45) is 10.7 Å². The lowest BCUT2D eigenvalue weighted by atomic mass is 10.2. The zero-order chi connectivity index (χ0) is 11.3. The van der Waals surface area contributed by atoms with Crippen molar-refractivity contribution >= 4 is 17.7 Å². The maximum Gasteiger partial charge on any atom is 0.191 e. The highest BCUT2D eigenvalue weighted by molar-refractivity contribution is 7.99. The average molecular weight is 231 g/mol. The molecule has 88 valence electrons. The van der Waals surface area contributed by atoms with E-state index in [0.29, 0.717) is 5.96 Å². The number of guanidine groups is 1. The maximum atomic E-state index is 5.92. The van der Waals surface area contributed by atoms with Crippen LogP contribution in [0.15, 0.2) is 4.99 Å². The van der Waals surface area contributed by atoms with Crippen LogP contribution in [0.5, 0.6) is 0 Å². The van der Waals surface area contributed by atoms with Crippen molar-refractivity contribution in [1.82, 2.24) is 4.90 Å². The molecule has 0 saturated carbocycles. The third-order valence-electron chi connectivity index (χ3n) is 2.51. The number of nitrogens with two attached hydrogens (primary N) is 1. The van der Waals surface area contributed by atoms with E-state index in [0.717, 1.165) is 32.8 Å². The summed E-state index contributed by atoms with van der Waals surface area (Å²) in [5.41, 5.74) is 5.92. The molecular weight excluding hydrogens is 210 g/mol.